The number of carbonyl (C=O) groups is 1. The normalized spacial score (nSPS) is 11.0. The minimum absolute atomic E-state index is 0.0465. The highest BCUT2D eigenvalue weighted by atomic mass is 16.1. The number of benzene rings is 2. The van der Waals surface area contributed by atoms with Crippen LogP contribution in [0.5, 0.6) is 0 Å². The van der Waals surface area contributed by atoms with Crippen LogP contribution in [0.15, 0.2) is 36.4 Å². The molecule has 1 amide bonds. The van der Waals surface area contributed by atoms with Gasteiger partial charge in [-0.2, -0.15) is 4.80 Å². The number of carbonyl (C=O) groups excluding carboxylic acids is 1. The van der Waals surface area contributed by atoms with E-state index in [1.54, 1.807) is 4.80 Å². The lowest BCUT2D eigenvalue weighted by atomic mass is 10.1. The van der Waals surface area contributed by atoms with Gasteiger partial charge in [0.05, 0.1) is 5.69 Å². The molecule has 2 aromatic carbocycles. The maximum absolute atomic E-state index is 12.0. The third kappa shape index (κ3) is 3.45. The van der Waals surface area contributed by atoms with Gasteiger partial charge in [0.1, 0.15) is 11.0 Å². The van der Waals surface area contributed by atoms with Gasteiger partial charge < -0.3 is 5.32 Å². The van der Waals surface area contributed by atoms with Gasteiger partial charge in [0.25, 0.3) is 0 Å². The van der Waals surface area contributed by atoms with Crippen molar-refractivity contribution in [3.05, 3.63) is 47.5 Å². The van der Waals surface area contributed by atoms with Gasteiger partial charge in [-0.25, -0.2) is 0 Å². The highest BCUT2D eigenvalue weighted by Gasteiger charge is 2.10. The van der Waals surface area contributed by atoms with Gasteiger partial charge in [-0.1, -0.05) is 31.0 Å². The van der Waals surface area contributed by atoms with Crippen molar-refractivity contribution in [3.8, 4) is 5.69 Å². The van der Waals surface area contributed by atoms with E-state index in [9.17, 15) is 4.79 Å². The molecule has 0 aliphatic carbocycles. The van der Waals surface area contributed by atoms with Crippen molar-refractivity contribution >= 4 is 22.6 Å². The summed E-state index contributed by atoms with van der Waals surface area (Å²) in [5.74, 6) is 0.0465. The number of nitrogens with one attached hydrogen (secondary N) is 1. The molecular weight excluding hydrogens is 300 g/mol. The standard InChI is InChI=1S/C19H22N4O/c1-4-5-6-19(24)20-16-12-18-17(11-14(16)3)21-23(22-18)15-9-7-13(2)8-10-15/h7-12H,4-6H2,1-3H3,(H,20,24). The highest BCUT2D eigenvalue weighted by molar-refractivity contribution is 5.94. The Labute approximate surface area is 141 Å². The van der Waals surface area contributed by atoms with Gasteiger partial charge in [-0.05, 0) is 50.1 Å². The van der Waals surface area contributed by atoms with Crippen molar-refractivity contribution in [1.82, 2.24) is 15.0 Å². The van der Waals surface area contributed by atoms with Crippen molar-refractivity contribution in [1.29, 1.82) is 0 Å². The smallest absolute Gasteiger partial charge is 0.224 e. The number of amides is 1. The minimum atomic E-state index is 0.0465. The molecule has 0 aliphatic heterocycles. The van der Waals surface area contributed by atoms with Gasteiger partial charge in [0, 0.05) is 12.1 Å². The summed E-state index contributed by atoms with van der Waals surface area (Å²) >= 11 is 0. The molecule has 0 saturated heterocycles. The van der Waals surface area contributed by atoms with Crippen LogP contribution in [-0.2, 0) is 4.79 Å². The van der Waals surface area contributed by atoms with Gasteiger partial charge in [-0.3, -0.25) is 4.79 Å². The van der Waals surface area contributed by atoms with Crippen molar-refractivity contribution in [2.75, 3.05) is 5.32 Å². The first-order valence-electron chi connectivity index (χ1n) is 8.31. The Hall–Kier alpha value is -2.69. The molecular formula is C19H22N4O. The first-order valence-corrected chi connectivity index (χ1v) is 8.31. The van der Waals surface area contributed by atoms with Crippen LogP contribution < -0.4 is 5.32 Å². The average molecular weight is 322 g/mol. The van der Waals surface area contributed by atoms with E-state index >= 15 is 0 Å². The third-order valence-corrected chi connectivity index (χ3v) is 4.02. The topological polar surface area (TPSA) is 59.8 Å². The highest BCUT2D eigenvalue weighted by Crippen LogP contribution is 2.22. The molecule has 124 valence electrons. The summed E-state index contributed by atoms with van der Waals surface area (Å²) in [5, 5.41) is 12.1. The summed E-state index contributed by atoms with van der Waals surface area (Å²) in [6.45, 7) is 6.10. The zero-order valence-electron chi connectivity index (χ0n) is 14.3. The zero-order valence-corrected chi connectivity index (χ0v) is 14.3. The predicted octanol–water partition coefficient (Wildman–Crippen LogP) is 4.17. The van der Waals surface area contributed by atoms with Crippen LogP contribution in [0.4, 0.5) is 5.69 Å². The summed E-state index contributed by atoms with van der Waals surface area (Å²) in [6.07, 6.45) is 2.46. The molecule has 0 unspecified atom stereocenters. The van der Waals surface area contributed by atoms with Crippen LogP contribution in [-0.4, -0.2) is 20.9 Å². The van der Waals surface area contributed by atoms with E-state index < -0.39 is 0 Å². The van der Waals surface area contributed by atoms with E-state index in [4.69, 9.17) is 0 Å². The molecule has 3 aromatic rings. The molecule has 0 atom stereocenters. The number of aryl methyl sites for hydroxylation is 2. The lowest BCUT2D eigenvalue weighted by Gasteiger charge is -2.07. The Bertz CT molecular complexity index is 865. The molecule has 1 aromatic heterocycles. The Morgan fingerprint density at radius 1 is 1.08 bits per heavy atom. The van der Waals surface area contributed by atoms with E-state index in [2.05, 4.69) is 22.4 Å². The molecule has 0 spiro atoms. The number of anilines is 1. The number of nitrogens with zero attached hydrogens (tertiary/aromatic N) is 3. The summed E-state index contributed by atoms with van der Waals surface area (Å²) < 4.78 is 0. The predicted molar refractivity (Wildman–Crippen MR) is 96.5 cm³/mol. The van der Waals surface area contributed by atoms with Crippen molar-refractivity contribution in [2.45, 2.75) is 40.0 Å². The first-order chi connectivity index (χ1) is 11.6. The number of hydrogen-bond donors (Lipinski definition) is 1. The quantitative estimate of drug-likeness (QED) is 0.767. The molecule has 0 radical (unpaired) electrons. The molecule has 0 fully saturated rings. The van der Waals surface area contributed by atoms with Gasteiger partial charge in [0.15, 0.2) is 0 Å². The zero-order chi connectivity index (χ0) is 17.1. The third-order valence-electron chi connectivity index (χ3n) is 4.02. The molecule has 5 nitrogen and oxygen atoms in total. The van der Waals surface area contributed by atoms with Crippen molar-refractivity contribution in [3.63, 3.8) is 0 Å². The molecule has 3 rings (SSSR count). The van der Waals surface area contributed by atoms with Crippen molar-refractivity contribution in [2.24, 2.45) is 0 Å². The van der Waals surface area contributed by atoms with E-state index in [1.807, 2.05) is 50.2 Å². The van der Waals surface area contributed by atoms with E-state index in [0.29, 0.717) is 6.42 Å². The fraction of sp³-hybridized carbons (Fsp3) is 0.316. The molecule has 24 heavy (non-hydrogen) atoms. The average Bonchev–Trinajstić information content (AvgIpc) is 2.96. The lowest BCUT2D eigenvalue weighted by molar-refractivity contribution is -0.116. The molecule has 0 bridgehead atoms. The molecule has 5 heteroatoms. The summed E-state index contributed by atoms with van der Waals surface area (Å²) in [7, 11) is 0. The largest absolute Gasteiger partial charge is 0.326 e. The minimum Gasteiger partial charge on any atom is -0.326 e. The summed E-state index contributed by atoms with van der Waals surface area (Å²) in [6, 6.07) is 11.9. The van der Waals surface area contributed by atoms with E-state index in [1.165, 1.54) is 5.56 Å². The van der Waals surface area contributed by atoms with Crippen LogP contribution in [0, 0.1) is 13.8 Å². The Kier molecular flexibility index (Phi) is 4.60. The number of hydrogen-bond acceptors (Lipinski definition) is 3. The number of unbranched alkanes of at least 4 members (excludes halogenated alkanes) is 1. The van der Waals surface area contributed by atoms with Crippen LogP contribution in [0.1, 0.15) is 37.3 Å². The van der Waals surface area contributed by atoms with Gasteiger partial charge in [0.2, 0.25) is 5.91 Å². The van der Waals surface area contributed by atoms with E-state index in [-0.39, 0.29) is 5.91 Å². The number of aromatic nitrogens is 3. The van der Waals surface area contributed by atoms with Crippen LogP contribution in [0.2, 0.25) is 0 Å². The Balaban J connectivity index is 1.90. The second-order valence-corrected chi connectivity index (χ2v) is 6.13. The van der Waals surface area contributed by atoms with Crippen LogP contribution >= 0.6 is 0 Å². The van der Waals surface area contributed by atoms with Gasteiger partial charge in [-0.15, -0.1) is 10.2 Å². The molecule has 1 heterocycles. The fourth-order valence-corrected chi connectivity index (χ4v) is 2.55. The first kappa shape index (κ1) is 16.2. The summed E-state index contributed by atoms with van der Waals surface area (Å²) in [4.78, 5) is 13.6. The van der Waals surface area contributed by atoms with E-state index in [0.717, 1.165) is 40.8 Å². The molecule has 0 aliphatic rings. The Morgan fingerprint density at radius 3 is 2.42 bits per heavy atom. The molecule has 1 N–H and O–H groups in total. The fourth-order valence-electron chi connectivity index (χ4n) is 2.55. The molecule has 0 saturated carbocycles. The second kappa shape index (κ2) is 6.83. The number of fused-ring (bicyclic) bond motifs is 1. The monoisotopic (exact) mass is 322 g/mol. The maximum atomic E-state index is 12.0. The lowest BCUT2D eigenvalue weighted by Crippen LogP contribution is -2.11. The maximum Gasteiger partial charge on any atom is 0.224 e. The SMILES string of the molecule is CCCCC(=O)Nc1cc2nn(-c3ccc(C)cc3)nc2cc1C. The number of rotatable bonds is 5. The van der Waals surface area contributed by atoms with Crippen molar-refractivity contribution < 1.29 is 4.79 Å². The Morgan fingerprint density at radius 2 is 1.75 bits per heavy atom. The summed E-state index contributed by atoms with van der Waals surface area (Å²) in [5.41, 5.74) is 5.50. The second-order valence-electron chi connectivity index (χ2n) is 6.13. The van der Waals surface area contributed by atoms with Crippen LogP contribution in [0.3, 0.4) is 0 Å². The van der Waals surface area contributed by atoms with Gasteiger partial charge >= 0.3 is 0 Å². The van der Waals surface area contributed by atoms with Crippen LogP contribution in [0.25, 0.3) is 16.7 Å².